The second-order valence-corrected chi connectivity index (χ2v) is 5.28. The number of anilines is 2. The van der Waals surface area contributed by atoms with Crippen LogP contribution in [0, 0.1) is 3.57 Å². The average molecular weight is 374 g/mol. The van der Waals surface area contributed by atoms with Gasteiger partial charge in [0.1, 0.15) is 0 Å². The van der Waals surface area contributed by atoms with E-state index in [-0.39, 0.29) is 5.56 Å². The Bertz CT molecular complexity index is 584. The molecule has 0 aliphatic carbocycles. The number of carboxylic acid groups (broad SMARTS) is 1. The van der Waals surface area contributed by atoms with Crippen LogP contribution in [0.15, 0.2) is 42.5 Å². The first-order valence-electron chi connectivity index (χ1n) is 5.12. The lowest BCUT2D eigenvalue weighted by Crippen LogP contribution is -1.97. The van der Waals surface area contributed by atoms with E-state index in [4.69, 9.17) is 16.7 Å². The topological polar surface area (TPSA) is 49.3 Å². The van der Waals surface area contributed by atoms with E-state index in [9.17, 15) is 4.79 Å². The van der Waals surface area contributed by atoms with Crippen LogP contribution in [0.5, 0.6) is 0 Å². The van der Waals surface area contributed by atoms with E-state index in [1.165, 1.54) is 0 Å². The van der Waals surface area contributed by atoms with Crippen LogP contribution in [0.1, 0.15) is 10.4 Å². The molecule has 0 atom stereocenters. The molecule has 2 aromatic rings. The zero-order valence-electron chi connectivity index (χ0n) is 9.15. The molecule has 0 aromatic heterocycles. The van der Waals surface area contributed by atoms with Gasteiger partial charge in [-0.05, 0) is 65.1 Å². The number of nitrogens with one attached hydrogen (secondary N) is 1. The largest absolute Gasteiger partial charge is 0.478 e. The predicted molar refractivity (Wildman–Crippen MR) is 80.9 cm³/mol. The van der Waals surface area contributed by atoms with Crippen molar-refractivity contribution in [2.24, 2.45) is 0 Å². The zero-order chi connectivity index (χ0) is 13.1. The molecule has 92 valence electrons. The van der Waals surface area contributed by atoms with E-state index >= 15 is 0 Å². The Balaban J connectivity index is 2.23. The van der Waals surface area contributed by atoms with Crippen molar-refractivity contribution < 1.29 is 9.90 Å². The van der Waals surface area contributed by atoms with Crippen molar-refractivity contribution in [2.45, 2.75) is 0 Å². The summed E-state index contributed by atoms with van der Waals surface area (Å²) in [7, 11) is 0. The van der Waals surface area contributed by atoms with E-state index in [0.29, 0.717) is 5.02 Å². The highest BCUT2D eigenvalue weighted by Crippen LogP contribution is 2.27. The fraction of sp³-hybridized carbons (Fsp3) is 0. The maximum absolute atomic E-state index is 10.7. The summed E-state index contributed by atoms with van der Waals surface area (Å²) in [6.07, 6.45) is 0. The lowest BCUT2D eigenvalue weighted by Gasteiger charge is -2.09. The maximum Gasteiger partial charge on any atom is 0.335 e. The Hall–Kier alpha value is -1.27. The predicted octanol–water partition coefficient (Wildman–Crippen LogP) is 4.39. The van der Waals surface area contributed by atoms with Gasteiger partial charge in [-0.25, -0.2) is 4.79 Å². The third kappa shape index (κ3) is 3.14. The summed E-state index contributed by atoms with van der Waals surface area (Å²) >= 11 is 8.27. The minimum Gasteiger partial charge on any atom is -0.478 e. The van der Waals surface area contributed by atoms with Crippen LogP contribution in [0.3, 0.4) is 0 Å². The number of hydrogen-bond donors (Lipinski definition) is 2. The molecule has 2 aromatic carbocycles. The van der Waals surface area contributed by atoms with Gasteiger partial charge in [0, 0.05) is 9.26 Å². The Morgan fingerprint density at radius 2 is 1.83 bits per heavy atom. The molecule has 0 aliphatic heterocycles. The standard InChI is InChI=1S/C13H9ClINO2/c14-11-6-3-9(15)7-12(11)16-10-4-1-8(2-5-10)13(17)18/h1-7,16H,(H,17,18). The summed E-state index contributed by atoms with van der Waals surface area (Å²) in [6, 6.07) is 12.2. The van der Waals surface area contributed by atoms with Crippen molar-refractivity contribution in [2.75, 3.05) is 5.32 Å². The minimum atomic E-state index is -0.936. The second-order valence-electron chi connectivity index (χ2n) is 3.63. The molecule has 0 spiro atoms. The molecule has 5 heteroatoms. The second kappa shape index (κ2) is 5.58. The summed E-state index contributed by atoms with van der Waals surface area (Å²) in [5.74, 6) is -0.936. The molecule has 2 rings (SSSR count). The highest BCUT2D eigenvalue weighted by molar-refractivity contribution is 14.1. The molecule has 0 bridgehead atoms. The quantitative estimate of drug-likeness (QED) is 0.785. The molecule has 0 heterocycles. The number of halogens is 2. The van der Waals surface area contributed by atoms with Crippen molar-refractivity contribution in [3.8, 4) is 0 Å². The molecule has 3 nitrogen and oxygen atoms in total. The van der Waals surface area contributed by atoms with Crippen LogP contribution in [0.25, 0.3) is 0 Å². The van der Waals surface area contributed by atoms with E-state index in [1.54, 1.807) is 24.3 Å². The average Bonchev–Trinajstić information content (AvgIpc) is 2.34. The third-order valence-corrected chi connectivity index (χ3v) is 3.34. The van der Waals surface area contributed by atoms with Crippen molar-refractivity contribution in [1.82, 2.24) is 0 Å². The fourth-order valence-electron chi connectivity index (χ4n) is 1.44. The Kier molecular flexibility index (Phi) is 4.08. The summed E-state index contributed by atoms with van der Waals surface area (Å²) in [5, 5.41) is 12.6. The summed E-state index contributed by atoms with van der Waals surface area (Å²) in [4.78, 5) is 10.7. The van der Waals surface area contributed by atoms with Gasteiger partial charge < -0.3 is 10.4 Å². The van der Waals surface area contributed by atoms with E-state index in [0.717, 1.165) is 14.9 Å². The summed E-state index contributed by atoms with van der Waals surface area (Å²) < 4.78 is 1.07. The van der Waals surface area contributed by atoms with Gasteiger partial charge in [-0.3, -0.25) is 0 Å². The molecule has 0 amide bonds. The third-order valence-electron chi connectivity index (χ3n) is 2.34. The van der Waals surface area contributed by atoms with Gasteiger partial charge in [-0.2, -0.15) is 0 Å². The van der Waals surface area contributed by atoms with Crippen LogP contribution < -0.4 is 5.32 Å². The first-order valence-corrected chi connectivity index (χ1v) is 6.57. The van der Waals surface area contributed by atoms with E-state index in [1.807, 2.05) is 18.2 Å². The Morgan fingerprint density at radius 3 is 2.44 bits per heavy atom. The Morgan fingerprint density at radius 1 is 1.17 bits per heavy atom. The molecular formula is C13H9ClINO2. The monoisotopic (exact) mass is 373 g/mol. The van der Waals surface area contributed by atoms with Gasteiger partial charge >= 0.3 is 5.97 Å². The van der Waals surface area contributed by atoms with Crippen LogP contribution in [0.4, 0.5) is 11.4 Å². The van der Waals surface area contributed by atoms with Gasteiger partial charge in [0.2, 0.25) is 0 Å². The number of aromatic carboxylic acids is 1. The van der Waals surface area contributed by atoms with Gasteiger partial charge in [0.25, 0.3) is 0 Å². The molecule has 18 heavy (non-hydrogen) atoms. The summed E-state index contributed by atoms with van der Waals surface area (Å²) in [6.45, 7) is 0. The fourth-order valence-corrected chi connectivity index (χ4v) is 2.10. The number of benzene rings is 2. The maximum atomic E-state index is 10.7. The SMILES string of the molecule is O=C(O)c1ccc(Nc2cc(I)ccc2Cl)cc1. The molecule has 0 saturated carbocycles. The van der Waals surface area contributed by atoms with E-state index in [2.05, 4.69) is 27.9 Å². The van der Waals surface area contributed by atoms with Crippen LogP contribution >= 0.6 is 34.2 Å². The lowest BCUT2D eigenvalue weighted by atomic mass is 10.2. The minimum absolute atomic E-state index is 0.259. The van der Waals surface area contributed by atoms with Gasteiger partial charge in [-0.1, -0.05) is 11.6 Å². The van der Waals surface area contributed by atoms with Gasteiger partial charge in [-0.15, -0.1) is 0 Å². The highest BCUT2D eigenvalue weighted by Gasteiger charge is 2.04. The normalized spacial score (nSPS) is 10.1. The van der Waals surface area contributed by atoms with Crippen molar-refractivity contribution in [3.05, 3.63) is 56.6 Å². The number of hydrogen-bond acceptors (Lipinski definition) is 2. The van der Waals surface area contributed by atoms with Crippen molar-refractivity contribution in [1.29, 1.82) is 0 Å². The highest BCUT2D eigenvalue weighted by atomic mass is 127. The van der Waals surface area contributed by atoms with Crippen molar-refractivity contribution >= 4 is 51.5 Å². The molecular weight excluding hydrogens is 365 g/mol. The molecule has 0 radical (unpaired) electrons. The first kappa shape index (κ1) is 13.2. The number of carboxylic acids is 1. The molecule has 2 N–H and O–H groups in total. The summed E-state index contributed by atoms with van der Waals surface area (Å²) in [5.41, 5.74) is 1.85. The van der Waals surface area contributed by atoms with Crippen molar-refractivity contribution in [3.63, 3.8) is 0 Å². The van der Waals surface area contributed by atoms with Crippen LogP contribution in [-0.4, -0.2) is 11.1 Å². The van der Waals surface area contributed by atoms with E-state index < -0.39 is 5.97 Å². The van der Waals surface area contributed by atoms with Crippen LogP contribution in [0.2, 0.25) is 5.02 Å². The molecule has 0 unspecified atom stereocenters. The van der Waals surface area contributed by atoms with Gasteiger partial charge in [0.15, 0.2) is 0 Å². The zero-order valence-corrected chi connectivity index (χ0v) is 12.1. The molecule has 0 aliphatic rings. The smallest absolute Gasteiger partial charge is 0.335 e. The molecule has 0 saturated heterocycles. The molecule has 0 fully saturated rings. The van der Waals surface area contributed by atoms with Crippen LogP contribution in [-0.2, 0) is 0 Å². The Labute approximate surface area is 123 Å². The number of rotatable bonds is 3. The lowest BCUT2D eigenvalue weighted by molar-refractivity contribution is 0.0697. The number of carbonyl (C=O) groups is 1. The van der Waals surface area contributed by atoms with Gasteiger partial charge in [0.05, 0.1) is 16.3 Å². The first-order chi connectivity index (χ1) is 8.56.